The van der Waals surface area contributed by atoms with Crippen LogP contribution in [0.15, 0.2) is 36.4 Å². The molecule has 2 aromatic carbocycles. The summed E-state index contributed by atoms with van der Waals surface area (Å²) in [6.45, 7) is 0. The van der Waals surface area contributed by atoms with E-state index in [0.29, 0.717) is 0 Å². The third kappa shape index (κ3) is 3.34. The number of methoxy groups -OCH3 is 2. The van der Waals surface area contributed by atoms with Gasteiger partial charge >= 0.3 is 0 Å². The quantitative estimate of drug-likeness (QED) is 0.287. The van der Waals surface area contributed by atoms with Crippen molar-refractivity contribution in [3.05, 3.63) is 46.8 Å². The fourth-order valence-electron chi connectivity index (χ4n) is 4.26. The zero-order valence-electron chi connectivity index (χ0n) is 17.7. The van der Waals surface area contributed by atoms with Crippen LogP contribution in [0.1, 0.15) is 23.3 Å². The van der Waals surface area contributed by atoms with E-state index in [4.69, 9.17) is 19.4 Å². The van der Waals surface area contributed by atoms with Gasteiger partial charge in [-0.25, -0.2) is 9.97 Å². The predicted octanol–water partition coefficient (Wildman–Crippen LogP) is 7.27. The Balaban J connectivity index is 1.47. The highest BCUT2D eigenvalue weighted by Crippen LogP contribution is 2.48. The molecule has 0 fully saturated rings. The molecule has 5 nitrogen and oxygen atoms in total. The number of hydrogen-bond donors (Lipinski definition) is 1. The van der Waals surface area contributed by atoms with Crippen molar-refractivity contribution in [1.29, 1.82) is 0 Å². The van der Waals surface area contributed by atoms with E-state index in [9.17, 15) is 0 Å². The lowest BCUT2D eigenvalue weighted by Crippen LogP contribution is -1.99. The fourth-order valence-corrected chi connectivity index (χ4v) is 7.64. The maximum atomic E-state index is 5.56. The Morgan fingerprint density at radius 3 is 2.62 bits per heavy atom. The number of hydrogen-bond acceptors (Lipinski definition) is 8. The summed E-state index contributed by atoms with van der Waals surface area (Å²) in [5.74, 6) is 1.49. The summed E-state index contributed by atoms with van der Waals surface area (Å²) in [5.41, 5.74) is 4.63. The maximum absolute atomic E-state index is 5.56. The first kappa shape index (κ1) is 20.0. The van der Waals surface area contributed by atoms with Crippen molar-refractivity contribution in [2.75, 3.05) is 19.5 Å². The highest BCUT2D eigenvalue weighted by atomic mass is 32.1. The van der Waals surface area contributed by atoms with E-state index in [1.54, 1.807) is 36.9 Å². The summed E-state index contributed by atoms with van der Waals surface area (Å²) >= 11 is 5.24. The average molecular weight is 480 g/mol. The van der Waals surface area contributed by atoms with Gasteiger partial charge in [0.2, 0.25) is 0 Å². The minimum absolute atomic E-state index is 0.723. The number of benzene rings is 2. The maximum Gasteiger partial charge on any atom is 0.189 e. The van der Waals surface area contributed by atoms with E-state index >= 15 is 0 Å². The molecule has 3 aromatic heterocycles. The number of para-hydroxylation sites is 1. The predicted molar refractivity (Wildman–Crippen MR) is 136 cm³/mol. The van der Waals surface area contributed by atoms with Gasteiger partial charge in [-0.1, -0.05) is 23.5 Å². The number of thiazole rings is 2. The monoisotopic (exact) mass is 479 g/mol. The molecule has 1 N–H and O–H groups in total. The molecular weight excluding hydrogens is 458 g/mol. The Morgan fingerprint density at radius 2 is 1.78 bits per heavy atom. The molecule has 0 saturated heterocycles. The molecule has 1 aliphatic carbocycles. The molecule has 0 bridgehead atoms. The van der Waals surface area contributed by atoms with Crippen molar-refractivity contribution < 1.29 is 9.47 Å². The van der Waals surface area contributed by atoms with Gasteiger partial charge < -0.3 is 14.8 Å². The summed E-state index contributed by atoms with van der Waals surface area (Å²) in [6.07, 6.45) is 4.75. The Morgan fingerprint density at radius 1 is 0.906 bits per heavy atom. The van der Waals surface area contributed by atoms with Crippen molar-refractivity contribution in [1.82, 2.24) is 9.97 Å². The number of rotatable bonds is 5. The van der Waals surface area contributed by atoms with Gasteiger partial charge in [0.15, 0.2) is 5.13 Å². The molecule has 32 heavy (non-hydrogen) atoms. The molecule has 0 aliphatic heterocycles. The molecule has 6 rings (SSSR count). The van der Waals surface area contributed by atoms with Crippen LogP contribution in [0, 0.1) is 0 Å². The zero-order chi connectivity index (χ0) is 21.7. The van der Waals surface area contributed by atoms with Crippen LogP contribution >= 0.6 is 34.0 Å². The minimum Gasteiger partial charge on any atom is -0.497 e. The number of aromatic nitrogens is 2. The van der Waals surface area contributed by atoms with Gasteiger partial charge in [0.25, 0.3) is 0 Å². The van der Waals surface area contributed by atoms with Crippen LogP contribution in [0.25, 0.3) is 31.0 Å². The topological polar surface area (TPSA) is 56.3 Å². The number of aryl methyl sites for hydroxylation is 1. The average Bonchev–Trinajstić information content (AvgIpc) is 3.51. The lowest BCUT2D eigenvalue weighted by molar-refractivity contribution is 0.397. The Kier molecular flexibility index (Phi) is 5.01. The molecule has 0 atom stereocenters. The van der Waals surface area contributed by atoms with Gasteiger partial charge in [-0.2, -0.15) is 0 Å². The number of ether oxygens (including phenoxy) is 2. The molecule has 3 heterocycles. The first-order chi connectivity index (χ1) is 15.7. The first-order valence-electron chi connectivity index (χ1n) is 10.5. The smallest absolute Gasteiger partial charge is 0.189 e. The summed E-state index contributed by atoms with van der Waals surface area (Å²) in [6, 6.07) is 12.3. The van der Waals surface area contributed by atoms with Gasteiger partial charge in [-0.15, -0.1) is 22.7 Å². The first-order valence-corrected chi connectivity index (χ1v) is 13.0. The normalized spacial score (nSPS) is 13.4. The second-order valence-corrected chi connectivity index (χ2v) is 10.9. The van der Waals surface area contributed by atoms with Gasteiger partial charge in [-0.05, 0) is 49.4 Å². The second-order valence-electron chi connectivity index (χ2n) is 7.72. The van der Waals surface area contributed by atoms with Crippen molar-refractivity contribution in [3.8, 4) is 22.1 Å². The number of fused-ring (bicyclic) bond motifs is 3. The number of nitrogens with one attached hydrogen (secondary N) is 1. The Bertz CT molecular complexity index is 1420. The standard InChI is InChI=1S/C24H21N3O2S3/c1-28-13-11-16(29-2)21-19(12-13)32-24(26-21)27-23-20(14-7-3-5-9-17(14)30-23)22-25-15-8-4-6-10-18(15)31-22/h4,6,8,10-12H,3,5,7,9H2,1-2H3,(H,26,27). The van der Waals surface area contributed by atoms with Crippen molar-refractivity contribution in [3.63, 3.8) is 0 Å². The van der Waals surface area contributed by atoms with Gasteiger partial charge in [-0.3, -0.25) is 0 Å². The van der Waals surface area contributed by atoms with Crippen molar-refractivity contribution in [2.45, 2.75) is 25.7 Å². The van der Waals surface area contributed by atoms with E-state index in [-0.39, 0.29) is 0 Å². The number of anilines is 2. The molecule has 0 radical (unpaired) electrons. The van der Waals surface area contributed by atoms with E-state index in [2.05, 4.69) is 29.6 Å². The Labute approximate surface area is 197 Å². The van der Waals surface area contributed by atoms with E-state index in [0.717, 1.165) is 55.2 Å². The van der Waals surface area contributed by atoms with Crippen molar-refractivity contribution >= 4 is 64.6 Å². The molecular formula is C24H21N3O2S3. The van der Waals surface area contributed by atoms with E-state index < -0.39 is 0 Å². The molecule has 8 heteroatoms. The number of thiophene rings is 1. The third-order valence-electron chi connectivity index (χ3n) is 5.79. The van der Waals surface area contributed by atoms with Crippen LogP contribution in [-0.4, -0.2) is 24.2 Å². The summed E-state index contributed by atoms with van der Waals surface area (Å²) in [4.78, 5) is 11.3. The lowest BCUT2D eigenvalue weighted by Gasteiger charge is -2.11. The molecule has 5 aromatic rings. The van der Waals surface area contributed by atoms with Gasteiger partial charge in [0.1, 0.15) is 27.0 Å². The summed E-state index contributed by atoms with van der Waals surface area (Å²) in [5, 5.41) is 6.73. The third-order valence-corrected chi connectivity index (χ3v) is 8.97. The van der Waals surface area contributed by atoms with Crippen LogP contribution < -0.4 is 14.8 Å². The highest BCUT2D eigenvalue weighted by Gasteiger charge is 2.25. The minimum atomic E-state index is 0.723. The van der Waals surface area contributed by atoms with Crippen LogP contribution in [0.2, 0.25) is 0 Å². The summed E-state index contributed by atoms with van der Waals surface area (Å²) < 4.78 is 13.2. The lowest BCUT2D eigenvalue weighted by atomic mass is 9.96. The van der Waals surface area contributed by atoms with Gasteiger partial charge in [0, 0.05) is 16.5 Å². The zero-order valence-corrected chi connectivity index (χ0v) is 20.2. The van der Waals surface area contributed by atoms with Crippen LogP contribution in [0.4, 0.5) is 10.1 Å². The van der Waals surface area contributed by atoms with Crippen LogP contribution in [0.3, 0.4) is 0 Å². The largest absolute Gasteiger partial charge is 0.497 e. The van der Waals surface area contributed by atoms with Crippen LogP contribution in [-0.2, 0) is 12.8 Å². The molecule has 1 aliphatic rings. The molecule has 0 spiro atoms. The second kappa shape index (κ2) is 8.03. The van der Waals surface area contributed by atoms with Crippen molar-refractivity contribution in [2.24, 2.45) is 0 Å². The molecule has 162 valence electrons. The molecule has 0 unspecified atom stereocenters. The number of nitrogens with zero attached hydrogens (tertiary/aromatic N) is 2. The fraction of sp³-hybridized carbons (Fsp3) is 0.250. The summed E-state index contributed by atoms with van der Waals surface area (Å²) in [7, 11) is 3.33. The van der Waals surface area contributed by atoms with E-state index in [1.165, 1.54) is 33.5 Å². The van der Waals surface area contributed by atoms with E-state index in [1.807, 2.05) is 23.5 Å². The highest BCUT2D eigenvalue weighted by molar-refractivity contribution is 7.24. The molecule has 0 saturated carbocycles. The Hall–Kier alpha value is -2.68. The SMILES string of the molecule is COc1cc(OC)c2nc(Nc3sc4c(c3-c3nc5ccccc5s3)CCCC4)sc2c1. The molecule has 0 amide bonds. The van der Waals surface area contributed by atoms with Gasteiger partial charge in [0.05, 0.1) is 29.1 Å². The van der Waals surface area contributed by atoms with Crippen LogP contribution in [0.5, 0.6) is 11.5 Å².